The van der Waals surface area contributed by atoms with E-state index in [0.29, 0.717) is 6.07 Å². The lowest BCUT2D eigenvalue weighted by Crippen LogP contribution is -2.29. The van der Waals surface area contributed by atoms with Crippen molar-refractivity contribution in [3.8, 4) is 0 Å². The van der Waals surface area contributed by atoms with Crippen LogP contribution in [0.4, 0.5) is 8.78 Å². The highest BCUT2D eigenvalue weighted by molar-refractivity contribution is 5.99. The number of Topliss-reactive ketones (excluding diaryl/α,β-unsaturated/α-hetero) is 1. The highest BCUT2D eigenvalue weighted by Gasteiger charge is 2.25. The summed E-state index contributed by atoms with van der Waals surface area (Å²) in [6.45, 7) is 3.60. The van der Waals surface area contributed by atoms with Crippen LogP contribution in [0.1, 0.15) is 24.2 Å². The van der Waals surface area contributed by atoms with Gasteiger partial charge in [-0.3, -0.25) is 4.79 Å². The van der Waals surface area contributed by atoms with Gasteiger partial charge in [0, 0.05) is 13.2 Å². The Morgan fingerprint density at radius 1 is 1.31 bits per heavy atom. The van der Waals surface area contributed by atoms with Gasteiger partial charge < -0.3 is 4.74 Å². The summed E-state index contributed by atoms with van der Waals surface area (Å²) in [5, 5.41) is 0. The SMILES string of the molecule is COC(C(=O)c1ccc(F)cc1F)C(C)C. The summed E-state index contributed by atoms with van der Waals surface area (Å²) in [6, 6.07) is 2.89. The average Bonchev–Trinajstić information content (AvgIpc) is 2.17. The molecule has 1 aromatic rings. The summed E-state index contributed by atoms with van der Waals surface area (Å²) < 4.78 is 31.0. The van der Waals surface area contributed by atoms with Gasteiger partial charge in [-0.05, 0) is 18.1 Å². The van der Waals surface area contributed by atoms with Crippen molar-refractivity contribution in [2.24, 2.45) is 5.92 Å². The zero-order chi connectivity index (χ0) is 12.3. The van der Waals surface area contributed by atoms with Crippen LogP contribution in [0.2, 0.25) is 0 Å². The first-order valence-corrected chi connectivity index (χ1v) is 4.99. The molecule has 0 saturated heterocycles. The predicted molar refractivity (Wildman–Crippen MR) is 56.3 cm³/mol. The molecule has 1 unspecified atom stereocenters. The fourth-order valence-electron chi connectivity index (χ4n) is 1.52. The van der Waals surface area contributed by atoms with Crippen LogP contribution in [-0.4, -0.2) is 19.0 Å². The molecule has 0 radical (unpaired) electrons. The largest absolute Gasteiger partial charge is 0.373 e. The molecule has 0 aromatic heterocycles. The Kier molecular flexibility index (Phi) is 4.12. The van der Waals surface area contributed by atoms with E-state index in [9.17, 15) is 13.6 Å². The van der Waals surface area contributed by atoms with Gasteiger partial charge in [-0.15, -0.1) is 0 Å². The van der Waals surface area contributed by atoms with E-state index in [0.717, 1.165) is 12.1 Å². The van der Waals surface area contributed by atoms with Crippen molar-refractivity contribution in [3.63, 3.8) is 0 Å². The molecule has 0 amide bonds. The molecule has 4 heteroatoms. The average molecular weight is 228 g/mol. The van der Waals surface area contributed by atoms with Crippen LogP contribution in [0.15, 0.2) is 18.2 Å². The lowest BCUT2D eigenvalue weighted by atomic mass is 9.97. The Hall–Kier alpha value is -1.29. The van der Waals surface area contributed by atoms with Crippen LogP contribution in [-0.2, 0) is 4.74 Å². The number of rotatable bonds is 4. The molecule has 0 saturated carbocycles. The Balaban J connectivity index is 3.04. The van der Waals surface area contributed by atoms with Gasteiger partial charge in [-0.2, -0.15) is 0 Å². The van der Waals surface area contributed by atoms with Crippen molar-refractivity contribution in [2.45, 2.75) is 20.0 Å². The van der Waals surface area contributed by atoms with Crippen molar-refractivity contribution in [1.29, 1.82) is 0 Å². The molecule has 16 heavy (non-hydrogen) atoms. The fourth-order valence-corrected chi connectivity index (χ4v) is 1.52. The Labute approximate surface area is 93.2 Å². The number of carbonyl (C=O) groups is 1. The number of hydrogen-bond acceptors (Lipinski definition) is 2. The van der Waals surface area contributed by atoms with E-state index in [1.807, 2.05) is 0 Å². The van der Waals surface area contributed by atoms with Crippen molar-refractivity contribution < 1.29 is 18.3 Å². The number of methoxy groups -OCH3 is 1. The number of hydrogen-bond donors (Lipinski definition) is 0. The third kappa shape index (κ3) is 2.64. The van der Waals surface area contributed by atoms with E-state index in [1.165, 1.54) is 7.11 Å². The molecule has 0 bridgehead atoms. The molecule has 0 fully saturated rings. The molecule has 0 aliphatic heterocycles. The number of carbonyl (C=O) groups excluding carboxylic acids is 1. The molecule has 0 aliphatic carbocycles. The summed E-state index contributed by atoms with van der Waals surface area (Å²) in [5.41, 5.74) is -0.137. The van der Waals surface area contributed by atoms with E-state index >= 15 is 0 Å². The predicted octanol–water partition coefficient (Wildman–Crippen LogP) is 2.82. The van der Waals surface area contributed by atoms with Crippen molar-refractivity contribution in [2.75, 3.05) is 7.11 Å². The maximum absolute atomic E-state index is 13.3. The van der Waals surface area contributed by atoms with Crippen LogP contribution in [0, 0.1) is 17.6 Å². The first-order chi connectivity index (χ1) is 7.47. The fraction of sp³-hybridized carbons (Fsp3) is 0.417. The van der Waals surface area contributed by atoms with Gasteiger partial charge in [0.25, 0.3) is 0 Å². The van der Waals surface area contributed by atoms with Crippen molar-refractivity contribution in [1.82, 2.24) is 0 Å². The molecule has 0 N–H and O–H groups in total. The number of ketones is 1. The molecule has 1 atom stereocenters. The quantitative estimate of drug-likeness (QED) is 0.741. The van der Waals surface area contributed by atoms with Crippen LogP contribution < -0.4 is 0 Å². The second-order valence-corrected chi connectivity index (χ2v) is 3.89. The van der Waals surface area contributed by atoms with Crippen LogP contribution in [0.3, 0.4) is 0 Å². The van der Waals surface area contributed by atoms with Crippen LogP contribution >= 0.6 is 0 Å². The highest BCUT2D eigenvalue weighted by Crippen LogP contribution is 2.17. The Morgan fingerprint density at radius 2 is 1.94 bits per heavy atom. The smallest absolute Gasteiger partial charge is 0.194 e. The summed E-state index contributed by atoms with van der Waals surface area (Å²) >= 11 is 0. The van der Waals surface area contributed by atoms with Gasteiger partial charge in [-0.25, -0.2) is 8.78 Å². The minimum atomic E-state index is -0.854. The highest BCUT2D eigenvalue weighted by atomic mass is 19.1. The van der Waals surface area contributed by atoms with E-state index in [-0.39, 0.29) is 11.5 Å². The van der Waals surface area contributed by atoms with E-state index in [2.05, 4.69) is 0 Å². The number of halogens is 2. The normalized spacial score (nSPS) is 12.9. The van der Waals surface area contributed by atoms with Crippen LogP contribution in [0.25, 0.3) is 0 Å². The third-order valence-electron chi connectivity index (χ3n) is 2.31. The number of benzene rings is 1. The second kappa shape index (κ2) is 5.16. The summed E-state index contributed by atoms with van der Waals surface area (Å²) in [5.74, 6) is -2.09. The standard InChI is InChI=1S/C12H14F2O2/c1-7(2)12(16-3)11(15)9-5-4-8(13)6-10(9)14/h4-7,12H,1-3H3. The van der Waals surface area contributed by atoms with E-state index in [1.54, 1.807) is 13.8 Å². The minimum absolute atomic E-state index is 0.0676. The monoisotopic (exact) mass is 228 g/mol. The molecular weight excluding hydrogens is 214 g/mol. The van der Waals surface area contributed by atoms with Gasteiger partial charge in [0.05, 0.1) is 5.56 Å². The molecule has 0 aliphatic rings. The van der Waals surface area contributed by atoms with Gasteiger partial charge in [0.15, 0.2) is 5.78 Å². The molecule has 0 spiro atoms. The first-order valence-electron chi connectivity index (χ1n) is 4.99. The first kappa shape index (κ1) is 12.8. The molecule has 0 heterocycles. The van der Waals surface area contributed by atoms with E-state index < -0.39 is 23.5 Å². The molecule has 88 valence electrons. The third-order valence-corrected chi connectivity index (χ3v) is 2.31. The maximum atomic E-state index is 13.3. The molecule has 2 nitrogen and oxygen atoms in total. The molecule has 1 aromatic carbocycles. The van der Waals surface area contributed by atoms with Gasteiger partial charge in [-0.1, -0.05) is 13.8 Å². The Morgan fingerprint density at radius 3 is 2.38 bits per heavy atom. The second-order valence-electron chi connectivity index (χ2n) is 3.89. The summed E-state index contributed by atoms with van der Waals surface area (Å²) in [6.07, 6.45) is -0.708. The van der Waals surface area contributed by atoms with Crippen molar-refractivity contribution in [3.05, 3.63) is 35.4 Å². The topological polar surface area (TPSA) is 26.3 Å². The zero-order valence-corrected chi connectivity index (χ0v) is 9.46. The Bertz CT molecular complexity index is 389. The van der Waals surface area contributed by atoms with Crippen LogP contribution in [0.5, 0.6) is 0 Å². The number of ether oxygens (including phenoxy) is 1. The summed E-state index contributed by atoms with van der Waals surface area (Å²) in [4.78, 5) is 11.9. The minimum Gasteiger partial charge on any atom is -0.373 e. The van der Waals surface area contributed by atoms with E-state index in [4.69, 9.17) is 4.74 Å². The lowest BCUT2D eigenvalue weighted by molar-refractivity contribution is 0.0455. The van der Waals surface area contributed by atoms with Gasteiger partial charge in [0.2, 0.25) is 0 Å². The molecular formula is C12H14F2O2. The maximum Gasteiger partial charge on any atom is 0.194 e. The summed E-state index contributed by atoms with van der Waals surface area (Å²) in [7, 11) is 1.39. The van der Waals surface area contributed by atoms with Gasteiger partial charge in [0.1, 0.15) is 17.7 Å². The van der Waals surface area contributed by atoms with Crippen molar-refractivity contribution >= 4 is 5.78 Å². The lowest BCUT2D eigenvalue weighted by Gasteiger charge is -2.17. The van der Waals surface area contributed by atoms with Gasteiger partial charge >= 0.3 is 0 Å². The molecule has 1 rings (SSSR count). The zero-order valence-electron chi connectivity index (χ0n) is 9.46.